The summed E-state index contributed by atoms with van der Waals surface area (Å²) in [6.07, 6.45) is -3.06. The predicted octanol–water partition coefficient (Wildman–Crippen LogP) is 5.69. The van der Waals surface area contributed by atoms with Crippen molar-refractivity contribution < 1.29 is 22.8 Å². The molecule has 0 fully saturated rings. The van der Waals surface area contributed by atoms with Crippen molar-refractivity contribution in [2.45, 2.75) is 11.2 Å². The van der Waals surface area contributed by atoms with Crippen LogP contribution in [0.15, 0.2) is 71.3 Å². The maximum atomic E-state index is 12.9. The number of aromatic nitrogens is 2. The minimum Gasteiger partial charge on any atom is -0.325 e. The number of hydrogen-bond donors (Lipinski definition) is 2. The molecule has 0 aliphatic heterocycles. The molecule has 0 aliphatic carbocycles. The molecule has 0 saturated heterocycles. The van der Waals surface area contributed by atoms with E-state index >= 15 is 0 Å². The third-order valence-corrected chi connectivity index (χ3v) is 6.44. The van der Waals surface area contributed by atoms with E-state index in [1.54, 1.807) is 12.1 Å². The van der Waals surface area contributed by atoms with Crippen LogP contribution in [0.1, 0.15) is 15.9 Å². The van der Waals surface area contributed by atoms with Gasteiger partial charge in [-0.25, -0.2) is 9.97 Å². The zero-order valence-electron chi connectivity index (χ0n) is 16.7. The van der Waals surface area contributed by atoms with Crippen LogP contribution in [-0.4, -0.2) is 27.5 Å². The van der Waals surface area contributed by atoms with E-state index in [0.29, 0.717) is 10.7 Å². The number of thioether (sulfide) groups is 1. The van der Waals surface area contributed by atoms with E-state index in [-0.39, 0.29) is 22.9 Å². The van der Waals surface area contributed by atoms with Crippen molar-refractivity contribution >= 4 is 56.5 Å². The molecule has 0 spiro atoms. The van der Waals surface area contributed by atoms with Gasteiger partial charge in [-0.1, -0.05) is 23.9 Å². The van der Waals surface area contributed by atoms with E-state index in [4.69, 9.17) is 0 Å². The summed E-state index contributed by atoms with van der Waals surface area (Å²) in [5.74, 6) is -0.787. The summed E-state index contributed by atoms with van der Waals surface area (Å²) in [7, 11) is 0. The lowest BCUT2D eigenvalue weighted by Gasteiger charge is -2.11. The molecule has 4 rings (SSSR count). The lowest BCUT2D eigenvalue weighted by atomic mass is 10.1. The fourth-order valence-corrected chi connectivity index (χ4v) is 4.66. The van der Waals surface area contributed by atoms with E-state index in [1.807, 2.05) is 11.4 Å². The Morgan fingerprint density at radius 3 is 2.52 bits per heavy atom. The molecule has 6 nitrogen and oxygen atoms in total. The fraction of sp³-hybridized carbons (Fsp3) is 0.0909. The number of alkyl halides is 3. The summed E-state index contributed by atoms with van der Waals surface area (Å²) in [5.41, 5.74) is 0.556. The number of rotatable bonds is 6. The Bertz CT molecular complexity index is 1320. The molecule has 0 bridgehead atoms. The Balaban J connectivity index is 1.38. The molecule has 2 heterocycles. The normalized spacial score (nSPS) is 11.4. The van der Waals surface area contributed by atoms with E-state index in [1.165, 1.54) is 53.7 Å². The second-order valence-corrected chi connectivity index (χ2v) is 8.64. The van der Waals surface area contributed by atoms with Gasteiger partial charge in [-0.15, -0.1) is 11.3 Å². The molecular weight excluding hydrogens is 473 g/mol. The van der Waals surface area contributed by atoms with Gasteiger partial charge in [-0.05, 0) is 47.8 Å². The van der Waals surface area contributed by atoms with Crippen molar-refractivity contribution in [3.05, 3.63) is 77.4 Å². The topological polar surface area (TPSA) is 84.0 Å². The average molecular weight is 489 g/mol. The number of hydrogen-bond acceptors (Lipinski definition) is 6. The zero-order valence-corrected chi connectivity index (χ0v) is 18.4. The van der Waals surface area contributed by atoms with Crippen LogP contribution in [0.3, 0.4) is 0 Å². The van der Waals surface area contributed by atoms with Gasteiger partial charge in [0.1, 0.15) is 11.4 Å². The number of nitrogens with one attached hydrogen (secondary N) is 2. The number of halogens is 3. The van der Waals surface area contributed by atoms with E-state index in [2.05, 4.69) is 20.6 Å². The van der Waals surface area contributed by atoms with E-state index in [9.17, 15) is 22.8 Å². The highest BCUT2D eigenvalue weighted by Gasteiger charge is 2.30. The highest BCUT2D eigenvalue weighted by Crippen LogP contribution is 2.31. The van der Waals surface area contributed by atoms with Crippen LogP contribution in [0.4, 0.5) is 24.5 Å². The van der Waals surface area contributed by atoms with Crippen molar-refractivity contribution in [3.63, 3.8) is 0 Å². The molecule has 11 heteroatoms. The molecule has 2 aromatic heterocycles. The standard InChI is InChI=1S/C22H15F3N4O2S2/c23-22(24,25)14-4-2-6-16(10-14)29-20(31)13-3-1-5-15(9-13)28-18(30)11-33-21-19-17(7-8-32-19)26-12-27-21/h1-10,12H,11H2,(H,28,30)(H,29,31). The lowest BCUT2D eigenvalue weighted by Crippen LogP contribution is -2.16. The van der Waals surface area contributed by atoms with Crippen molar-refractivity contribution in [1.29, 1.82) is 0 Å². The first-order valence-corrected chi connectivity index (χ1v) is 11.4. The molecule has 2 aromatic carbocycles. The summed E-state index contributed by atoms with van der Waals surface area (Å²) in [6, 6.07) is 12.4. The largest absolute Gasteiger partial charge is 0.416 e. The first-order chi connectivity index (χ1) is 15.8. The minimum absolute atomic E-state index is 0.0189. The Kier molecular flexibility index (Phi) is 6.61. The number of amides is 2. The van der Waals surface area contributed by atoms with Gasteiger partial charge in [-0.2, -0.15) is 13.2 Å². The first kappa shape index (κ1) is 22.7. The summed E-state index contributed by atoms with van der Waals surface area (Å²) < 4.78 is 39.5. The maximum Gasteiger partial charge on any atom is 0.416 e. The SMILES string of the molecule is O=C(CSc1ncnc2ccsc12)Nc1cccc(C(=O)Nc2cccc(C(F)(F)F)c2)c1. The second-order valence-electron chi connectivity index (χ2n) is 6.76. The molecule has 0 unspecified atom stereocenters. The van der Waals surface area contributed by atoms with Crippen LogP contribution in [0.2, 0.25) is 0 Å². The van der Waals surface area contributed by atoms with Crippen LogP contribution in [-0.2, 0) is 11.0 Å². The number of benzene rings is 2. The van der Waals surface area contributed by atoms with Gasteiger partial charge in [0.15, 0.2) is 0 Å². The van der Waals surface area contributed by atoms with Crippen LogP contribution in [0.25, 0.3) is 10.2 Å². The number of thiophene rings is 1. The van der Waals surface area contributed by atoms with Gasteiger partial charge in [0.25, 0.3) is 5.91 Å². The number of fused-ring (bicyclic) bond motifs is 1. The first-order valence-electron chi connectivity index (χ1n) is 9.49. The molecule has 4 aromatic rings. The fourth-order valence-electron chi connectivity index (χ4n) is 2.91. The molecule has 33 heavy (non-hydrogen) atoms. The molecule has 0 saturated carbocycles. The van der Waals surface area contributed by atoms with E-state index < -0.39 is 17.6 Å². The smallest absolute Gasteiger partial charge is 0.325 e. The van der Waals surface area contributed by atoms with Crippen molar-refractivity contribution in [2.75, 3.05) is 16.4 Å². The molecule has 0 aliphatic rings. The second kappa shape index (κ2) is 9.59. The maximum absolute atomic E-state index is 12.9. The molecule has 2 amide bonds. The van der Waals surface area contributed by atoms with Gasteiger partial charge in [0.2, 0.25) is 5.91 Å². The molecule has 0 atom stereocenters. The number of nitrogens with zero attached hydrogens (tertiary/aromatic N) is 2. The Morgan fingerprint density at radius 2 is 1.73 bits per heavy atom. The number of carbonyl (C=O) groups excluding carboxylic acids is 2. The number of anilines is 2. The Hall–Kier alpha value is -3.44. The Labute approximate surface area is 194 Å². The van der Waals surface area contributed by atoms with Gasteiger partial charge in [-0.3, -0.25) is 9.59 Å². The van der Waals surface area contributed by atoms with E-state index in [0.717, 1.165) is 22.3 Å². The number of carbonyl (C=O) groups is 2. The monoisotopic (exact) mass is 488 g/mol. The van der Waals surface area contributed by atoms with Crippen LogP contribution in [0.5, 0.6) is 0 Å². The summed E-state index contributed by atoms with van der Waals surface area (Å²) in [4.78, 5) is 33.3. The summed E-state index contributed by atoms with van der Waals surface area (Å²) >= 11 is 2.77. The quantitative estimate of drug-likeness (QED) is 0.269. The minimum atomic E-state index is -4.51. The summed E-state index contributed by atoms with van der Waals surface area (Å²) in [5, 5.41) is 7.77. The highest BCUT2D eigenvalue weighted by molar-refractivity contribution is 8.00. The highest BCUT2D eigenvalue weighted by atomic mass is 32.2. The third kappa shape index (κ3) is 5.68. The van der Waals surface area contributed by atoms with Gasteiger partial charge in [0, 0.05) is 16.9 Å². The molecule has 168 valence electrons. The van der Waals surface area contributed by atoms with Crippen LogP contribution < -0.4 is 10.6 Å². The predicted molar refractivity (Wildman–Crippen MR) is 123 cm³/mol. The van der Waals surface area contributed by atoms with Gasteiger partial charge < -0.3 is 10.6 Å². The van der Waals surface area contributed by atoms with Crippen LogP contribution in [0, 0.1) is 0 Å². The van der Waals surface area contributed by atoms with Crippen molar-refractivity contribution in [3.8, 4) is 0 Å². The van der Waals surface area contributed by atoms with Gasteiger partial charge >= 0.3 is 6.18 Å². The average Bonchev–Trinajstić information content (AvgIpc) is 3.27. The molecular formula is C22H15F3N4O2S2. The third-order valence-electron chi connectivity index (χ3n) is 4.41. The molecule has 2 N–H and O–H groups in total. The van der Waals surface area contributed by atoms with Crippen molar-refractivity contribution in [1.82, 2.24) is 9.97 Å². The lowest BCUT2D eigenvalue weighted by molar-refractivity contribution is -0.137. The van der Waals surface area contributed by atoms with Gasteiger partial charge in [0.05, 0.1) is 21.5 Å². The zero-order chi connectivity index (χ0) is 23.4. The van der Waals surface area contributed by atoms with Crippen LogP contribution >= 0.6 is 23.1 Å². The summed E-state index contributed by atoms with van der Waals surface area (Å²) in [6.45, 7) is 0. The molecule has 0 radical (unpaired) electrons. The van der Waals surface area contributed by atoms with Crippen molar-refractivity contribution in [2.24, 2.45) is 0 Å². The Morgan fingerprint density at radius 1 is 0.970 bits per heavy atom.